The molecule has 0 aromatic heterocycles. The highest BCUT2D eigenvalue weighted by Crippen LogP contribution is 2.58. The number of Topliss-reactive ketones (excluding diaryl/α,β-unsaturated/α-hetero) is 2. The number of anilines is 1. The SMILES string of the molecule is O=C1[C@@H]2[C@@H](c3cccc4ccccc34)OC3(C(=O)c4ccccc4C3=O)[C@H]2C(=O)N1c1ccc(Cl)cc1. The van der Waals surface area contributed by atoms with E-state index in [9.17, 15) is 19.2 Å². The zero-order chi connectivity index (χ0) is 25.5. The van der Waals surface area contributed by atoms with E-state index in [-0.39, 0.29) is 11.1 Å². The summed E-state index contributed by atoms with van der Waals surface area (Å²) in [6.45, 7) is 0. The number of rotatable bonds is 2. The van der Waals surface area contributed by atoms with Gasteiger partial charge in [-0.25, -0.2) is 4.90 Å². The van der Waals surface area contributed by atoms with Crippen LogP contribution in [0.25, 0.3) is 10.8 Å². The normalized spacial score (nSPS) is 23.8. The Balaban J connectivity index is 1.46. The molecular weight excluding hydrogens is 490 g/mol. The molecule has 37 heavy (non-hydrogen) atoms. The van der Waals surface area contributed by atoms with Crippen molar-refractivity contribution >= 4 is 51.4 Å². The Morgan fingerprint density at radius 2 is 1.32 bits per heavy atom. The number of hydrogen-bond acceptors (Lipinski definition) is 5. The highest BCUT2D eigenvalue weighted by Gasteiger charge is 2.74. The molecule has 180 valence electrons. The summed E-state index contributed by atoms with van der Waals surface area (Å²) in [6.07, 6.45) is -0.980. The molecule has 1 aliphatic carbocycles. The lowest BCUT2D eigenvalue weighted by Crippen LogP contribution is -2.51. The van der Waals surface area contributed by atoms with E-state index in [4.69, 9.17) is 16.3 Å². The summed E-state index contributed by atoms with van der Waals surface area (Å²) >= 11 is 6.04. The van der Waals surface area contributed by atoms with Gasteiger partial charge < -0.3 is 4.74 Å². The number of carbonyl (C=O) groups is 4. The molecule has 2 amide bonds. The van der Waals surface area contributed by atoms with Gasteiger partial charge in [-0.3, -0.25) is 19.2 Å². The number of nitrogens with zero attached hydrogens (tertiary/aromatic N) is 1. The van der Waals surface area contributed by atoms with Crippen LogP contribution in [-0.4, -0.2) is 29.0 Å². The first-order valence-electron chi connectivity index (χ1n) is 11.9. The minimum Gasteiger partial charge on any atom is -0.349 e. The zero-order valence-electron chi connectivity index (χ0n) is 19.3. The van der Waals surface area contributed by atoms with Crippen molar-refractivity contribution in [1.29, 1.82) is 0 Å². The first-order valence-corrected chi connectivity index (χ1v) is 12.3. The van der Waals surface area contributed by atoms with Gasteiger partial charge in [-0.15, -0.1) is 0 Å². The molecule has 0 saturated carbocycles. The van der Waals surface area contributed by atoms with Crippen LogP contribution in [0.3, 0.4) is 0 Å². The fraction of sp³-hybridized carbons (Fsp3) is 0.133. The van der Waals surface area contributed by atoms with Gasteiger partial charge in [0.25, 0.3) is 0 Å². The van der Waals surface area contributed by atoms with Crippen molar-refractivity contribution in [1.82, 2.24) is 0 Å². The van der Waals surface area contributed by atoms with Crippen molar-refractivity contribution in [3.63, 3.8) is 0 Å². The lowest BCUT2D eigenvalue weighted by Gasteiger charge is -2.27. The minimum atomic E-state index is -2.11. The lowest BCUT2D eigenvalue weighted by atomic mass is 9.77. The molecule has 1 spiro atoms. The van der Waals surface area contributed by atoms with E-state index >= 15 is 0 Å². The van der Waals surface area contributed by atoms with Crippen molar-refractivity contribution in [3.8, 4) is 0 Å². The van der Waals surface area contributed by atoms with Crippen LogP contribution in [0.4, 0.5) is 5.69 Å². The van der Waals surface area contributed by atoms with Gasteiger partial charge in [0.05, 0.1) is 23.6 Å². The third kappa shape index (κ3) is 2.79. The number of hydrogen-bond donors (Lipinski definition) is 0. The molecule has 0 unspecified atom stereocenters. The summed E-state index contributed by atoms with van der Waals surface area (Å²) in [5, 5.41) is 2.19. The quantitative estimate of drug-likeness (QED) is 0.275. The molecule has 6 nitrogen and oxygen atoms in total. The Hall–Kier alpha value is -4.13. The zero-order valence-corrected chi connectivity index (χ0v) is 20.0. The largest absolute Gasteiger partial charge is 0.349 e. The number of halogens is 1. The molecule has 3 atom stereocenters. The molecule has 7 rings (SSSR count). The maximum atomic E-state index is 14.0. The Bertz CT molecular complexity index is 1640. The second-order valence-electron chi connectivity index (χ2n) is 9.54. The third-order valence-corrected chi connectivity index (χ3v) is 7.99. The molecular formula is C30H18ClNO5. The maximum absolute atomic E-state index is 14.0. The van der Waals surface area contributed by atoms with Crippen molar-refractivity contribution in [2.75, 3.05) is 4.90 Å². The van der Waals surface area contributed by atoms with E-state index in [1.54, 1.807) is 48.5 Å². The average molecular weight is 508 g/mol. The maximum Gasteiger partial charge on any atom is 0.241 e. The molecule has 3 aliphatic rings. The van der Waals surface area contributed by atoms with E-state index in [0.29, 0.717) is 16.3 Å². The topological polar surface area (TPSA) is 80.8 Å². The molecule has 7 heteroatoms. The summed E-state index contributed by atoms with van der Waals surface area (Å²) < 4.78 is 6.43. The first-order chi connectivity index (χ1) is 17.9. The van der Waals surface area contributed by atoms with E-state index in [2.05, 4.69) is 0 Å². The summed E-state index contributed by atoms with van der Waals surface area (Å²) in [6, 6.07) is 26.0. The van der Waals surface area contributed by atoms with Crippen LogP contribution in [0.2, 0.25) is 5.02 Å². The predicted octanol–water partition coefficient (Wildman–Crippen LogP) is 5.19. The first kappa shape index (κ1) is 22.1. The van der Waals surface area contributed by atoms with Crippen molar-refractivity contribution in [2.45, 2.75) is 11.7 Å². The van der Waals surface area contributed by atoms with Gasteiger partial charge in [0.2, 0.25) is 29.0 Å². The Morgan fingerprint density at radius 3 is 2.03 bits per heavy atom. The van der Waals surface area contributed by atoms with Gasteiger partial charge in [0.15, 0.2) is 0 Å². The number of benzene rings is 4. The Labute approximate surface area is 216 Å². The van der Waals surface area contributed by atoms with Crippen LogP contribution >= 0.6 is 11.6 Å². The summed E-state index contributed by atoms with van der Waals surface area (Å²) in [4.78, 5) is 56.9. The van der Waals surface area contributed by atoms with Gasteiger partial charge in [0.1, 0.15) is 0 Å². The van der Waals surface area contributed by atoms with Crippen LogP contribution < -0.4 is 4.90 Å². The van der Waals surface area contributed by atoms with Crippen molar-refractivity contribution < 1.29 is 23.9 Å². The molecule has 0 bridgehead atoms. The van der Waals surface area contributed by atoms with E-state index in [1.807, 2.05) is 42.5 Å². The second kappa shape index (κ2) is 7.68. The number of amides is 2. The van der Waals surface area contributed by atoms with Gasteiger partial charge in [-0.05, 0) is 40.6 Å². The van der Waals surface area contributed by atoms with E-state index in [0.717, 1.165) is 15.7 Å². The number of fused-ring (bicyclic) bond motifs is 4. The predicted molar refractivity (Wildman–Crippen MR) is 137 cm³/mol. The van der Waals surface area contributed by atoms with Crippen LogP contribution in [0.15, 0.2) is 91.0 Å². The molecule has 2 saturated heterocycles. The second-order valence-corrected chi connectivity index (χ2v) is 9.97. The molecule has 0 N–H and O–H groups in total. The fourth-order valence-corrected chi connectivity index (χ4v) is 6.27. The summed E-state index contributed by atoms with van der Waals surface area (Å²) in [7, 11) is 0. The number of ketones is 2. The molecule has 2 fully saturated rings. The summed E-state index contributed by atoms with van der Waals surface area (Å²) in [5.74, 6) is -4.66. The van der Waals surface area contributed by atoms with Crippen molar-refractivity contribution in [3.05, 3.63) is 113 Å². The molecule has 4 aromatic carbocycles. The Kier molecular flexibility index (Phi) is 4.59. The molecule has 2 aliphatic heterocycles. The van der Waals surface area contributed by atoms with Crippen LogP contribution in [0.1, 0.15) is 32.4 Å². The number of ether oxygens (including phenoxy) is 1. The van der Waals surface area contributed by atoms with Gasteiger partial charge in [-0.2, -0.15) is 0 Å². The third-order valence-electron chi connectivity index (χ3n) is 7.73. The number of carbonyl (C=O) groups excluding carboxylic acids is 4. The smallest absolute Gasteiger partial charge is 0.241 e. The molecule has 4 aromatic rings. The van der Waals surface area contributed by atoms with E-state index < -0.39 is 46.9 Å². The standard InChI is InChI=1S/C30H18ClNO5/c31-17-12-14-18(15-13-17)32-28(35)23-24(29(32)36)30(26(33)21-9-3-4-10-22(21)27(30)34)37-25(23)20-11-5-7-16-6-1-2-8-19(16)20/h1-15,23-25H/t23-,24+,25+/m0/s1. The number of imide groups is 1. The van der Waals surface area contributed by atoms with Crippen LogP contribution in [0, 0.1) is 11.8 Å². The molecule has 0 radical (unpaired) electrons. The molecule has 2 heterocycles. The van der Waals surface area contributed by atoms with Crippen molar-refractivity contribution in [2.24, 2.45) is 11.8 Å². The Morgan fingerprint density at radius 1 is 0.703 bits per heavy atom. The van der Waals surface area contributed by atoms with E-state index in [1.165, 1.54) is 0 Å². The van der Waals surface area contributed by atoms with Crippen LogP contribution in [-0.2, 0) is 14.3 Å². The van der Waals surface area contributed by atoms with Gasteiger partial charge >= 0.3 is 0 Å². The average Bonchev–Trinajstić information content (AvgIpc) is 3.49. The fourth-order valence-electron chi connectivity index (χ4n) is 6.14. The minimum absolute atomic E-state index is 0.204. The highest BCUT2D eigenvalue weighted by molar-refractivity contribution is 6.37. The van der Waals surface area contributed by atoms with Crippen LogP contribution in [0.5, 0.6) is 0 Å². The highest BCUT2D eigenvalue weighted by atomic mass is 35.5. The summed E-state index contributed by atoms with van der Waals surface area (Å²) in [5.41, 5.74) is -0.717. The monoisotopic (exact) mass is 507 g/mol. The lowest BCUT2D eigenvalue weighted by molar-refractivity contribution is -0.127. The van der Waals surface area contributed by atoms with Gasteiger partial charge in [0, 0.05) is 16.1 Å². The van der Waals surface area contributed by atoms with Gasteiger partial charge in [-0.1, -0.05) is 78.3 Å².